The van der Waals surface area contributed by atoms with Crippen LogP contribution in [0.25, 0.3) is 0 Å². The number of esters is 2. The van der Waals surface area contributed by atoms with E-state index >= 15 is 0 Å². The second kappa shape index (κ2) is 46.2. The third-order valence-electron chi connectivity index (χ3n) is 14.7. The Morgan fingerprint density at radius 1 is 0.419 bits per heavy atom. The summed E-state index contributed by atoms with van der Waals surface area (Å²) >= 11 is 0. The monoisotopic (exact) mass is 1060 g/mol. The number of carbonyl (C=O) groups is 2. The van der Waals surface area contributed by atoms with Gasteiger partial charge in [0.2, 0.25) is 0 Å². The number of aliphatic hydroxyl groups is 7. The lowest BCUT2D eigenvalue weighted by atomic mass is 9.98. The van der Waals surface area contributed by atoms with Crippen LogP contribution in [0.4, 0.5) is 0 Å². The predicted molar refractivity (Wildman–Crippen MR) is 289 cm³/mol. The first kappa shape index (κ1) is 68.3. The molecule has 2 rings (SSSR count). The van der Waals surface area contributed by atoms with Gasteiger partial charge in [-0.1, -0.05) is 225 Å². The third kappa shape index (κ3) is 32.9. The number of unbranched alkanes of at least 4 members (excludes halogenated alkanes) is 33. The minimum atomic E-state index is -1.77. The van der Waals surface area contributed by atoms with E-state index in [9.17, 15) is 45.3 Å². The molecule has 0 spiro atoms. The molecule has 7 N–H and O–H groups in total. The summed E-state index contributed by atoms with van der Waals surface area (Å²) in [6.07, 6.45) is 32.5. The number of allylic oxidation sites excluding steroid dienone is 2. The zero-order valence-corrected chi connectivity index (χ0v) is 46.6. The molecule has 0 amide bonds. The van der Waals surface area contributed by atoms with Crippen LogP contribution in [0.1, 0.15) is 258 Å². The fraction of sp³-hybridized carbons (Fsp3) is 0.932. The van der Waals surface area contributed by atoms with Crippen molar-refractivity contribution in [3.63, 3.8) is 0 Å². The molecule has 0 aliphatic carbocycles. The topological polar surface area (TPSA) is 231 Å². The van der Waals surface area contributed by atoms with Gasteiger partial charge in [-0.2, -0.15) is 0 Å². The highest BCUT2D eigenvalue weighted by atomic mass is 16.7. The quantitative estimate of drug-likeness (QED) is 0.0171. The van der Waals surface area contributed by atoms with Crippen LogP contribution in [0, 0.1) is 0 Å². The molecule has 0 aromatic heterocycles. The molecule has 2 aliphatic heterocycles. The van der Waals surface area contributed by atoms with Crippen molar-refractivity contribution in [1.29, 1.82) is 0 Å². The Labute approximate surface area is 448 Å². The van der Waals surface area contributed by atoms with Gasteiger partial charge in [-0.3, -0.25) is 9.59 Å². The Morgan fingerprint density at radius 3 is 1.23 bits per heavy atom. The van der Waals surface area contributed by atoms with Crippen LogP contribution >= 0.6 is 0 Å². The lowest BCUT2D eigenvalue weighted by Gasteiger charge is -2.42. The maximum absolute atomic E-state index is 13.1. The van der Waals surface area contributed by atoms with Gasteiger partial charge < -0.3 is 64.2 Å². The van der Waals surface area contributed by atoms with Gasteiger partial charge in [-0.15, -0.1) is 0 Å². The maximum atomic E-state index is 13.1. The highest BCUT2D eigenvalue weighted by Gasteiger charge is 2.47. The largest absolute Gasteiger partial charge is 0.462 e. The van der Waals surface area contributed by atoms with Crippen molar-refractivity contribution in [2.45, 2.75) is 325 Å². The second-order valence-corrected chi connectivity index (χ2v) is 21.5. The van der Waals surface area contributed by atoms with Gasteiger partial charge >= 0.3 is 11.9 Å². The second-order valence-electron chi connectivity index (χ2n) is 21.5. The van der Waals surface area contributed by atoms with Gasteiger partial charge in [0, 0.05) is 12.8 Å². The highest BCUT2D eigenvalue weighted by Crippen LogP contribution is 2.27. The minimum absolute atomic E-state index is 0.123. The van der Waals surface area contributed by atoms with Crippen LogP contribution in [-0.2, 0) is 38.0 Å². The molecular weight excluding hydrogens is 949 g/mol. The van der Waals surface area contributed by atoms with E-state index in [1.54, 1.807) is 0 Å². The van der Waals surface area contributed by atoms with E-state index in [4.69, 9.17) is 28.4 Å². The van der Waals surface area contributed by atoms with E-state index in [0.29, 0.717) is 19.3 Å². The molecule has 2 heterocycles. The van der Waals surface area contributed by atoms with E-state index in [1.165, 1.54) is 180 Å². The van der Waals surface area contributed by atoms with Crippen LogP contribution in [-0.4, -0.2) is 142 Å². The van der Waals surface area contributed by atoms with Gasteiger partial charge in [0.15, 0.2) is 18.7 Å². The SMILES string of the molecule is CCCCCCCCCCCCCCCCCCCC/C=C/CCCC(=O)O[C@H](COC(=O)CCCCCCCCCCCCCCCCC)CO[C@H]1O[C@@H](CO[C@H]2O[C@@H](CO)[C@@H](O)C(O)C2O)[C@@H](O)C(O)C1O. The van der Waals surface area contributed by atoms with Crippen molar-refractivity contribution in [3.8, 4) is 0 Å². The standard InChI is InChI=1S/C59H110O15/c1-3-5-7-9-11-13-15-17-19-20-21-22-23-24-25-26-28-30-32-34-36-38-40-42-51(62)72-47(44-69-50(61)41-39-37-35-33-31-29-27-18-16-14-12-10-8-6-4-2)45-70-58-57(68)55(66)53(64)49(74-58)46-71-59-56(67)54(65)52(63)48(43-60)73-59/h34,36,47-49,52-60,63-68H,3-33,35,37-46H2,1-2H3/b36-34+/t47-,48+,49+,52-,53-,54?,55?,56?,57?,58+,59+/m1/s1. The molecule has 11 atom stereocenters. The summed E-state index contributed by atoms with van der Waals surface area (Å²) in [6, 6.07) is 0. The normalized spacial score (nSPS) is 24.7. The molecule has 2 aliphatic rings. The highest BCUT2D eigenvalue weighted by molar-refractivity contribution is 5.70. The number of hydrogen-bond acceptors (Lipinski definition) is 15. The van der Waals surface area contributed by atoms with Gasteiger partial charge in [0.25, 0.3) is 0 Å². The molecule has 436 valence electrons. The third-order valence-corrected chi connectivity index (χ3v) is 14.7. The lowest BCUT2D eigenvalue weighted by Crippen LogP contribution is -2.61. The van der Waals surface area contributed by atoms with Gasteiger partial charge in [0.1, 0.15) is 55.4 Å². The van der Waals surface area contributed by atoms with Gasteiger partial charge in [0.05, 0.1) is 19.8 Å². The van der Waals surface area contributed by atoms with Crippen molar-refractivity contribution in [2.24, 2.45) is 0 Å². The van der Waals surface area contributed by atoms with Crippen molar-refractivity contribution in [2.75, 3.05) is 26.4 Å². The minimum Gasteiger partial charge on any atom is -0.462 e. The molecular formula is C59H110O15. The average molecular weight is 1060 g/mol. The molecule has 0 aromatic carbocycles. The first-order valence-electron chi connectivity index (χ1n) is 30.3. The Morgan fingerprint density at radius 2 is 0.784 bits per heavy atom. The van der Waals surface area contributed by atoms with Crippen LogP contribution in [0.3, 0.4) is 0 Å². The molecule has 15 heteroatoms. The number of aliphatic hydroxyl groups excluding tert-OH is 7. The zero-order chi connectivity index (χ0) is 53.9. The Balaban J connectivity index is 1.73. The van der Waals surface area contributed by atoms with E-state index in [-0.39, 0.29) is 26.1 Å². The lowest BCUT2D eigenvalue weighted by molar-refractivity contribution is -0.332. The number of hydrogen-bond donors (Lipinski definition) is 7. The number of carbonyl (C=O) groups excluding carboxylic acids is 2. The molecule has 0 aromatic rings. The summed E-state index contributed by atoms with van der Waals surface area (Å²) in [4.78, 5) is 25.9. The molecule has 74 heavy (non-hydrogen) atoms. The van der Waals surface area contributed by atoms with E-state index in [2.05, 4.69) is 26.0 Å². The summed E-state index contributed by atoms with van der Waals surface area (Å²) < 4.78 is 33.7. The van der Waals surface area contributed by atoms with Crippen molar-refractivity contribution >= 4 is 11.9 Å². The van der Waals surface area contributed by atoms with Crippen LogP contribution in [0.15, 0.2) is 12.2 Å². The molecule has 2 fully saturated rings. The fourth-order valence-electron chi connectivity index (χ4n) is 9.81. The number of rotatable bonds is 49. The van der Waals surface area contributed by atoms with Crippen molar-refractivity contribution < 1.29 is 73.8 Å². The summed E-state index contributed by atoms with van der Waals surface area (Å²) in [5.41, 5.74) is 0. The molecule has 0 radical (unpaired) electrons. The van der Waals surface area contributed by atoms with E-state index in [0.717, 1.165) is 32.1 Å². The molecule has 2 saturated heterocycles. The van der Waals surface area contributed by atoms with Crippen molar-refractivity contribution in [3.05, 3.63) is 12.2 Å². The molecule has 15 nitrogen and oxygen atoms in total. The van der Waals surface area contributed by atoms with E-state index < -0.39 is 92.7 Å². The number of ether oxygens (including phenoxy) is 6. The Kier molecular flexibility index (Phi) is 42.7. The molecule has 0 saturated carbocycles. The summed E-state index contributed by atoms with van der Waals surface area (Å²) in [5.74, 6) is -0.945. The maximum Gasteiger partial charge on any atom is 0.306 e. The smallest absolute Gasteiger partial charge is 0.306 e. The Hall–Kier alpha value is -1.76. The predicted octanol–water partition coefficient (Wildman–Crippen LogP) is 10.5. The van der Waals surface area contributed by atoms with Crippen LogP contribution in [0.2, 0.25) is 0 Å². The summed E-state index contributed by atoms with van der Waals surface area (Å²) in [6.45, 7) is 2.62. The van der Waals surface area contributed by atoms with Crippen molar-refractivity contribution in [1.82, 2.24) is 0 Å². The summed E-state index contributed by atoms with van der Waals surface area (Å²) in [7, 11) is 0. The summed E-state index contributed by atoms with van der Waals surface area (Å²) in [5, 5.41) is 72.3. The molecule has 0 bridgehead atoms. The van der Waals surface area contributed by atoms with E-state index in [1.807, 2.05) is 0 Å². The first-order chi connectivity index (χ1) is 36.0. The average Bonchev–Trinajstić information content (AvgIpc) is 3.39. The Bertz CT molecular complexity index is 1340. The van der Waals surface area contributed by atoms with Gasteiger partial charge in [-0.05, 0) is 32.1 Å². The zero-order valence-electron chi connectivity index (χ0n) is 46.6. The van der Waals surface area contributed by atoms with Gasteiger partial charge in [-0.25, -0.2) is 0 Å². The fourth-order valence-corrected chi connectivity index (χ4v) is 9.81. The van der Waals surface area contributed by atoms with Crippen LogP contribution < -0.4 is 0 Å². The van der Waals surface area contributed by atoms with Crippen LogP contribution in [0.5, 0.6) is 0 Å². The molecule has 4 unspecified atom stereocenters. The first-order valence-corrected chi connectivity index (χ1v) is 30.3.